The number of hydrogen-bond acceptors (Lipinski definition) is 6. The average Bonchev–Trinajstić information content (AvgIpc) is 2.82. The van der Waals surface area contributed by atoms with E-state index in [1.54, 1.807) is 55.5 Å². The maximum Gasteiger partial charge on any atom is 0.264 e. The lowest BCUT2D eigenvalue weighted by Gasteiger charge is -2.26. The Hall–Kier alpha value is -3.37. The van der Waals surface area contributed by atoms with Crippen LogP contribution in [0.2, 0.25) is 0 Å². The van der Waals surface area contributed by atoms with Gasteiger partial charge in [0.15, 0.2) is 9.84 Å². The molecule has 0 aromatic heterocycles. The topological polar surface area (TPSA) is 110 Å². The first-order chi connectivity index (χ1) is 16.4. The van der Waals surface area contributed by atoms with Gasteiger partial charge in [-0.2, -0.15) is 0 Å². The van der Waals surface area contributed by atoms with Crippen LogP contribution in [0.3, 0.4) is 0 Å². The fourth-order valence-corrected chi connectivity index (χ4v) is 5.54. The highest BCUT2D eigenvalue weighted by atomic mass is 32.2. The molecule has 0 aliphatic rings. The number of nitrogens with zero attached hydrogens (tertiary/aromatic N) is 1. The lowest BCUT2D eigenvalue weighted by atomic mass is 10.1. The molecule has 0 radical (unpaired) electrons. The predicted molar refractivity (Wildman–Crippen MR) is 135 cm³/mol. The van der Waals surface area contributed by atoms with Gasteiger partial charge < -0.3 is 10.1 Å². The van der Waals surface area contributed by atoms with Crippen LogP contribution in [0.15, 0.2) is 82.6 Å². The van der Waals surface area contributed by atoms with Crippen molar-refractivity contribution >= 4 is 31.5 Å². The van der Waals surface area contributed by atoms with Gasteiger partial charge in [0, 0.05) is 6.26 Å². The van der Waals surface area contributed by atoms with Crippen LogP contribution in [0.25, 0.3) is 0 Å². The minimum atomic E-state index is -4.10. The molecule has 1 amide bonds. The molecule has 0 bridgehead atoms. The molecule has 0 saturated heterocycles. The summed E-state index contributed by atoms with van der Waals surface area (Å²) in [5, 5.41) is 2.79. The molecule has 0 aliphatic carbocycles. The Morgan fingerprint density at radius 1 is 0.914 bits per heavy atom. The third-order valence-corrected chi connectivity index (χ3v) is 8.34. The lowest BCUT2D eigenvalue weighted by molar-refractivity contribution is -0.120. The molecule has 10 heteroatoms. The summed E-state index contributed by atoms with van der Waals surface area (Å²) in [6, 6.07) is 18.6. The summed E-state index contributed by atoms with van der Waals surface area (Å²) in [7, 11) is -6.01. The third kappa shape index (κ3) is 6.20. The number of carbonyl (C=O) groups is 1. The number of para-hydroxylation sites is 2. The lowest BCUT2D eigenvalue weighted by Crippen LogP contribution is -2.41. The molecule has 3 aromatic rings. The third-order valence-electron chi connectivity index (χ3n) is 5.44. The molecular weight excluding hydrogens is 488 g/mol. The van der Waals surface area contributed by atoms with E-state index in [0.717, 1.165) is 16.1 Å². The highest BCUT2D eigenvalue weighted by Gasteiger charge is 2.29. The van der Waals surface area contributed by atoms with Crippen molar-refractivity contribution in [2.24, 2.45) is 0 Å². The molecule has 186 valence electrons. The minimum Gasteiger partial charge on any atom is -0.495 e. The summed E-state index contributed by atoms with van der Waals surface area (Å²) in [6.07, 6.45) is 1.12. The molecule has 0 unspecified atom stereocenters. The largest absolute Gasteiger partial charge is 0.495 e. The molecular formula is C25H28N2O6S2. The molecule has 3 aromatic carbocycles. The normalized spacial score (nSPS) is 12.6. The number of ether oxygens (including phenoxy) is 1. The number of nitrogens with one attached hydrogen (secondary N) is 1. The number of hydrogen-bond donors (Lipinski definition) is 1. The van der Waals surface area contributed by atoms with E-state index in [4.69, 9.17) is 4.74 Å². The van der Waals surface area contributed by atoms with Gasteiger partial charge in [-0.1, -0.05) is 42.0 Å². The van der Waals surface area contributed by atoms with Crippen LogP contribution in [0, 0.1) is 6.92 Å². The quantitative estimate of drug-likeness (QED) is 0.466. The molecule has 35 heavy (non-hydrogen) atoms. The Balaban J connectivity index is 1.90. The standard InChI is InChI=1S/C25H28N2O6S2/c1-18-9-13-22(14-10-18)35(31,32)27(23-7-5-6-8-24(23)33-3)17-25(28)26-19(2)20-11-15-21(16-12-20)34(4,29)30/h5-16,19H,17H2,1-4H3,(H,26,28)/t19-/m0/s1. The van der Waals surface area contributed by atoms with Crippen molar-refractivity contribution in [3.05, 3.63) is 83.9 Å². The van der Waals surface area contributed by atoms with Crippen molar-refractivity contribution in [3.8, 4) is 5.75 Å². The van der Waals surface area contributed by atoms with Gasteiger partial charge in [-0.05, 0) is 55.8 Å². The van der Waals surface area contributed by atoms with E-state index in [9.17, 15) is 21.6 Å². The van der Waals surface area contributed by atoms with Crippen molar-refractivity contribution in [1.82, 2.24) is 5.32 Å². The second-order valence-corrected chi connectivity index (χ2v) is 12.0. The number of aryl methyl sites for hydroxylation is 1. The molecule has 0 spiro atoms. The van der Waals surface area contributed by atoms with Crippen LogP contribution < -0.4 is 14.4 Å². The van der Waals surface area contributed by atoms with Crippen molar-refractivity contribution in [2.45, 2.75) is 29.7 Å². The summed E-state index contributed by atoms with van der Waals surface area (Å²) in [5.74, 6) is -0.230. The zero-order valence-corrected chi connectivity index (χ0v) is 21.6. The summed E-state index contributed by atoms with van der Waals surface area (Å²) >= 11 is 0. The molecule has 0 aliphatic heterocycles. The van der Waals surface area contributed by atoms with E-state index < -0.39 is 38.4 Å². The van der Waals surface area contributed by atoms with E-state index >= 15 is 0 Å². The van der Waals surface area contributed by atoms with E-state index in [1.165, 1.54) is 31.4 Å². The first-order valence-electron chi connectivity index (χ1n) is 10.8. The highest BCUT2D eigenvalue weighted by molar-refractivity contribution is 7.93. The molecule has 0 fully saturated rings. The van der Waals surface area contributed by atoms with Crippen molar-refractivity contribution in [1.29, 1.82) is 0 Å². The fraction of sp³-hybridized carbons (Fsp3) is 0.240. The second-order valence-electron chi connectivity index (χ2n) is 8.13. The molecule has 3 rings (SSSR count). The van der Waals surface area contributed by atoms with Gasteiger partial charge >= 0.3 is 0 Å². The van der Waals surface area contributed by atoms with Crippen molar-refractivity contribution in [3.63, 3.8) is 0 Å². The fourth-order valence-electron chi connectivity index (χ4n) is 3.48. The SMILES string of the molecule is COc1ccccc1N(CC(=O)N[C@@H](C)c1ccc(S(C)(=O)=O)cc1)S(=O)(=O)c1ccc(C)cc1. The Kier molecular flexibility index (Phi) is 7.86. The Morgan fingerprint density at radius 3 is 2.06 bits per heavy atom. The van der Waals surface area contributed by atoms with Crippen LogP contribution in [-0.4, -0.2) is 42.7 Å². The van der Waals surface area contributed by atoms with E-state index in [2.05, 4.69) is 5.32 Å². The van der Waals surface area contributed by atoms with Crippen molar-refractivity contribution < 1.29 is 26.4 Å². The smallest absolute Gasteiger partial charge is 0.264 e. The number of benzene rings is 3. The monoisotopic (exact) mass is 516 g/mol. The van der Waals surface area contributed by atoms with Gasteiger partial charge in [-0.3, -0.25) is 9.10 Å². The van der Waals surface area contributed by atoms with Gasteiger partial charge in [-0.25, -0.2) is 16.8 Å². The summed E-state index contributed by atoms with van der Waals surface area (Å²) in [5.41, 5.74) is 1.81. The van der Waals surface area contributed by atoms with E-state index in [-0.39, 0.29) is 15.5 Å². The van der Waals surface area contributed by atoms with Crippen LogP contribution in [0.1, 0.15) is 24.1 Å². The zero-order valence-electron chi connectivity index (χ0n) is 19.9. The molecule has 1 atom stereocenters. The molecule has 0 saturated carbocycles. The maximum absolute atomic E-state index is 13.6. The van der Waals surface area contributed by atoms with E-state index in [1.807, 2.05) is 6.92 Å². The number of sulfonamides is 1. The number of rotatable bonds is 9. The second kappa shape index (κ2) is 10.5. The minimum absolute atomic E-state index is 0.0474. The first-order valence-corrected chi connectivity index (χ1v) is 14.1. The highest BCUT2D eigenvalue weighted by Crippen LogP contribution is 2.32. The summed E-state index contributed by atoms with van der Waals surface area (Å²) in [6.45, 7) is 3.10. The number of methoxy groups -OCH3 is 1. The predicted octanol–water partition coefficient (Wildman–Crippen LogP) is 3.48. The van der Waals surface area contributed by atoms with Crippen LogP contribution in [-0.2, 0) is 24.7 Å². The van der Waals surface area contributed by atoms with Gasteiger partial charge in [0.2, 0.25) is 5.91 Å². The molecule has 8 nitrogen and oxygen atoms in total. The average molecular weight is 517 g/mol. The van der Waals surface area contributed by atoms with Crippen LogP contribution in [0.4, 0.5) is 5.69 Å². The Bertz CT molecular complexity index is 1400. The Morgan fingerprint density at radius 2 is 1.49 bits per heavy atom. The number of carbonyl (C=O) groups excluding carboxylic acids is 1. The van der Waals surface area contributed by atoms with Gasteiger partial charge in [0.1, 0.15) is 12.3 Å². The summed E-state index contributed by atoms with van der Waals surface area (Å²) < 4.78 is 56.9. The van der Waals surface area contributed by atoms with E-state index in [0.29, 0.717) is 11.3 Å². The van der Waals surface area contributed by atoms with Crippen LogP contribution in [0.5, 0.6) is 5.75 Å². The van der Waals surface area contributed by atoms with Gasteiger partial charge in [-0.15, -0.1) is 0 Å². The maximum atomic E-state index is 13.6. The zero-order chi connectivity index (χ0) is 25.8. The summed E-state index contributed by atoms with van der Waals surface area (Å²) in [4.78, 5) is 13.2. The number of amides is 1. The number of sulfone groups is 1. The van der Waals surface area contributed by atoms with Gasteiger partial charge in [0.25, 0.3) is 10.0 Å². The van der Waals surface area contributed by atoms with Gasteiger partial charge in [0.05, 0.1) is 28.6 Å². The molecule has 0 heterocycles. The van der Waals surface area contributed by atoms with Crippen molar-refractivity contribution in [2.75, 3.05) is 24.2 Å². The molecule has 1 N–H and O–H groups in total. The number of anilines is 1. The first kappa shape index (κ1) is 26.2. The Labute approximate surface area is 206 Å². The van der Waals surface area contributed by atoms with Crippen LogP contribution >= 0.6 is 0 Å².